The molecule has 1 amide bonds. The summed E-state index contributed by atoms with van der Waals surface area (Å²) in [5, 5.41) is 3.27. The van der Waals surface area contributed by atoms with Gasteiger partial charge in [0, 0.05) is 13.1 Å². The third kappa shape index (κ3) is 3.61. The monoisotopic (exact) mass is 450 g/mol. The Hall–Kier alpha value is -0.790. The molecule has 0 aliphatic heterocycles. The normalized spacial score (nSPS) is 10.3. The van der Waals surface area contributed by atoms with E-state index < -0.39 is 0 Å². The Morgan fingerprint density at radius 3 is 2.74 bits per heavy atom. The number of carbonyl (C=O) groups is 1. The van der Waals surface area contributed by atoms with Gasteiger partial charge < -0.3 is 11.1 Å². The van der Waals surface area contributed by atoms with Gasteiger partial charge in [-0.2, -0.15) is 0 Å². The summed E-state index contributed by atoms with van der Waals surface area (Å²) in [5.74, 6) is -0.237. The van der Waals surface area contributed by atoms with Gasteiger partial charge in [-0.05, 0) is 74.9 Å². The molecule has 0 bridgehead atoms. The zero-order valence-electron chi connectivity index (χ0n) is 9.58. The predicted octanol–water partition coefficient (Wildman–Crippen LogP) is 4.54. The molecule has 0 heterocycles. The minimum absolute atomic E-state index is 0.237. The highest BCUT2D eigenvalue weighted by Crippen LogP contribution is 2.25. The summed E-state index contributed by atoms with van der Waals surface area (Å²) in [6.45, 7) is 0. The molecule has 0 aliphatic carbocycles. The Morgan fingerprint density at radius 1 is 1.26 bits per heavy atom. The molecule has 0 aliphatic rings. The van der Waals surface area contributed by atoms with Crippen molar-refractivity contribution in [2.45, 2.75) is 0 Å². The summed E-state index contributed by atoms with van der Waals surface area (Å²) < 4.78 is 1.70. The van der Waals surface area contributed by atoms with E-state index in [0.717, 1.165) is 8.04 Å². The van der Waals surface area contributed by atoms with Crippen LogP contribution in [0.2, 0.25) is 5.02 Å². The highest BCUT2D eigenvalue weighted by molar-refractivity contribution is 14.1. The number of nitrogens with one attached hydrogen (secondary N) is 1. The van der Waals surface area contributed by atoms with E-state index in [0.29, 0.717) is 22.0 Å². The second-order valence-electron chi connectivity index (χ2n) is 3.81. The van der Waals surface area contributed by atoms with E-state index in [2.05, 4.69) is 43.8 Å². The number of nitrogens with two attached hydrogens (primary N) is 1. The summed E-state index contributed by atoms with van der Waals surface area (Å²) in [5.41, 5.74) is 7.32. The number of nitrogen functional groups attached to an aromatic ring is 1. The fraction of sp³-hybridized carbons (Fsp3) is 0. The first-order chi connectivity index (χ1) is 8.97. The first-order valence-electron chi connectivity index (χ1n) is 5.29. The van der Waals surface area contributed by atoms with Crippen LogP contribution in [0.1, 0.15) is 10.4 Å². The minimum atomic E-state index is -0.237. The van der Waals surface area contributed by atoms with Crippen molar-refractivity contribution in [2.24, 2.45) is 0 Å². The standard InChI is InChI=1S/C13H9BrClIN2O/c14-10-3-2-8(16)6-9(10)13(19)18-12-5-7(15)1-4-11(12)17/h1-6H,17H2,(H,18,19). The summed E-state index contributed by atoms with van der Waals surface area (Å²) in [6, 6.07) is 10.5. The molecule has 3 N–H and O–H groups in total. The second kappa shape index (κ2) is 6.11. The van der Waals surface area contributed by atoms with Crippen LogP contribution in [0.4, 0.5) is 11.4 Å². The van der Waals surface area contributed by atoms with Crippen LogP contribution >= 0.6 is 50.1 Å². The Kier molecular flexibility index (Phi) is 4.70. The van der Waals surface area contributed by atoms with Crippen molar-refractivity contribution < 1.29 is 4.79 Å². The van der Waals surface area contributed by atoms with Gasteiger partial charge in [-0.1, -0.05) is 11.6 Å². The first-order valence-corrected chi connectivity index (χ1v) is 7.54. The van der Waals surface area contributed by atoms with Gasteiger partial charge >= 0.3 is 0 Å². The molecule has 6 heteroatoms. The van der Waals surface area contributed by atoms with Crippen molar-refractivity contribution in [3.8, 4) is 0 Å². The van der Waals surface area contributed by atoms with Gasteiger partial charge in [0.2, 0.25) is 0 Å². The molecule has 19 heavy (non-hydrogen) atoms. The third-order valence-electron chi connectivity index (χ3n) is 2.44. The average Bonchev–Trinajstić information content (AvgIpc) is 2.36. The van der Waals surface area contributed by atoms with E-state index in [-0.39, 0.29) is 5.91 Å². The van der Waals surface area contributed by atoms with Crippen LogP contribution in [0.25, 0.3) is 0 Å². The Bertz CT molecular complexity index is 649. The number of amides is 1. The number of hydrogen-bond donors (Lipinski definition) is 2. The van der Waals surface area contributed by atoms with Gasteiger partial charge in [-0.25, -0.2) is 0 Å². The zero-order valence-corrected chi connectivity index (χ0v) is 14.1. The third-order valence-corrected chi connectivity index (χ3v) is 4.03. The fourth-order valence-electron chi connectivity index (χ4n) is 1.50. The molecular formula is C13H9BrClIN2O. The van der Waals surface area contributed by atoms with Crippen molar-refractivity contribution in [1.82, 2.24) is 0 Å². The topological polar surface area (TPSA) is 55.1 Å². The van der Waals surface area contributed by atoms with E-state index in [9.17, 15) is 4.79 Å². The second-order valence-corrected chi connectivity index (χ2v) is 6.35. The quantitative estimate of drug-likeness (QED) is 0.520. The molecule has 2 aromatic carbocycles. The largest absolute Gasteiger partial charge is 0.397 e. The maximum atomic E-state index is 12.2. The molecule has 0 saturated heterocycles. The first kappa shape index (κ1) is 14.6. The lowest BCUT2D eigenvalue weighted by molar-refractivity contribution is 0.102. The summed E-state index contributed by atoms with van der Waals surface area (Å²) >= 11 is 11.4. The molecule has 0 radical (unpaired) electrons. The molecule has 2 aromatic rings. The van der Waals surface area contributed by atoms with Crippen molar-refractivity contribution in [3.05, 3.63) is 55.0 Å². The molecule has 0 spiro atoms. The van der Waals surface area contributed by atoms with Gasteiger partial charge in [0.25, 0.3) is 5.91 Å². The van der Waals surface area contributed by atoms with Crippen molar-refractivity contribution in [3.63, 3.8) is 0 Å². The Morgan fingerprint density at radius 2 is 2.00 bits per heavy atom. The molecule has 98 valence electrons. The summed E-state index contributed by atoms with van der Waals surface area (Å²) in [4.78, 5) is 12.2. The lowest BCUT2D eigenvalue weighted by Crippen LogP contribution is -2.14. The summed E-state index contributed by atoms with van der Waals surface area (Å²) in [7, 11) is 0. The number of benzene rings is 2. The van der Waals surface area contributed by atoms with Crippen LogP contribution in [0, 0.1) is 3.57 Å². The zero-order chi connectivity index (χ0) is 14.0. The Balaban J connectivity index is 2.30. The molecular weight excluding hydrogens is 442 g/mol. The lowest BCUT2D eigenvalue weighted by Gasteiger charge is -2.10. The molecule has 0 saturated carbocycles. The van der Waals surface area contributed by atoms with Crippen LogP contribution in [0.3, 0.4) is 0 Å². The van der Waals surface area contributed by atoms with E-state index in [1.54, 1.807) is 24.3 Å². The van der Waals surface area contributed by atoms with Crippen LogP contribution in [-0.2, 0) is 0 Å². The smallest absolute Gasteiger partial charge is 0.256 e. The number of anilines is 2. The van der Waals surface area contributed by atoms with Crippen LogP contribution in [0.15, 0.2) is 40.9 Å². The highest BCUT2D eigenvalue weighted by atomic mass is 127. The predicted molar refractivity (Wildman–Crippen MR) is 90.7 cm³/mol. The fourth-order valence-corrected chi connectivity index (χ4v) is 2.59. The van der Waals surface area contributed by atoms with Gasteiger partial charge in [-0.3, -0.25) is 4.79 Å². The minimum Gasteiger partial charge on any atom is -0.397 e. The van der Waals surface area contributed by atoms with E-state index in [4.69, 9.17) is 17.3 Å². The van der Waals surface area contributed by atoms with Gasteiger partial charge in [0.1, 0.15) is 0 Å². The van der Waals surface area contributed by atoms with E-state index in [1.807, 2.05) is 12.1 Å². The molecule has 0 atom stereocenters. The van der Waals surface area contributed by atoms with Crippen molar-refractivity contribution in [1.29, 1.82) is 0 Å². The van der Waals surface area contributed by atoms with Crippen molar-refractivity contribution >= 4 is 67.4 Å². The van der Waals surface area contributed by atoms with Gasteiger partial charge in [0.05, 0.1) is 16.9 Å². The molecule has 0 fully saturated rings. The van der Waals surface area contributed by atoms with E-state index >= 15 is 0 Å². The molecule has 0 aromatic heterocycles. The molecule has 0 unspecified atom stereocenters. The number of halogens is 3. The van der Waals surface area contributed by atoms with Crippen LogP contribution in [-0.4, -0.2) is 5.91 Å². The van der Waals surface area contributed by atoms with Crippen LogP contribution in [0.5, 0.6) is 0 Å². The van der Waals surface area contributed by atoms with E-state index in [1.165, 1.54) is 0 Å². The maximum Gasteiger partial charge on any atom is 0.256 e. The molecule has 2 rings (SSSR count). The van der Waals surface area contributed by atoms with Gasteiger partial charge in [0.15, 0.2) is 0 Å². The van der Waals surface area contributed by atoms with Crippen LogP contribution < -0.4 is 11.1 Å². The number of rotatable bonds is 2. The molecule has 3 nitrogen and oxygen atoms in total. The van der Waals surface area contributed by atoms with Crippen molar-refractivity contribution in [2.75, 3.05) is 11.1 Å². The number of hydrogen-bond acceptors (Lipinski definition) is 2. The van der Waals surface area contributed by atoms with Gasteiger partial charge in [-0.15, -0.1) is 0 Å². The average molecular weight is 451 g/mol. The Labute approximate surface area is 137 Å². The number of carbonyl (C=O) groups excluding carboxylic acids is 1. The maximum absolute atomic E-state index is 12.2. The SMILES string of the molecule is Nc1ccc(Cl)cc1NC(=O)c1cc(I)ccc1Br. The summed E-state index contributed by atoms with van der Waals surface area (Å²) in [6.07, 6.45) is 0. The lowest BCUT2D eigenvalue weighted by atomic mass is 10.2. The highest BCUT2D eigenvalue weighted by Gasteiger charge is 2.12.